The van der Waals surface area contributed by atoms with Crippen LogP contribution in [0.5, 0.6) is 0 Å². The largest absolute Gasteiger partial charge is 0.478 e. The van der Waals surface area contributed by atoms with Crippen LogP contribution in [0.25, 0.3) is 0 Å². The summed E-state index contributed by atoms with van der Waals surface area (Å²) >= 11 is 0. The molecule has 0 aromatic heterocycles. The van der Waals surface area contributed by atoms with Crippen LogP contribution in [-0.2, 0) is 14.3 Å². The van der Waals surface area contributed by atoms with Crippen LogP contribution in [-0.4, -0.2) is 17.0 Å². The third kappa shape index (κ3) is 8.58. The van der Waals surface area contributed by atoms with Crippen molar-refractivity contribution >= 4 is 11.9 Å². The average molecular weight is 292 g/mol. The van der Waals surface area contributed by atoms with Gasteiger partial charge in [0.1, 0.15) is 5.76 Å². The van der Waals surface area contributed by atoms with Gasteiger partial charge in [-0.1, -0.05) is 42.2 Å². The smallest absolute Gasteiger partial charge is 0.336 e. The molecule has 0 aromatic rings. The van der Waals surface area contributed by atoms with Gasteiger partial charge in [0.25, 0.3) is 0 Å². The Balaban J connectivity index is 2.30. The van der Waals surface area contributed by atoms with E-state index in [-0.39, 0.29) is 5.97 Å². The van der Waals surface area contributed by atoms with E-state index in [0.29, 0.717) is 5.76 Å². The first-order chi connectivity index (χ1) is 10.7. The molecule has 0 unspecified atom stereocenters. The van der Waals surface area contributed by atoms with Crippen molar-refractivity contribution in [2.24, 2.45) is 0 Å². The molecule has 0 saturated heterocycles. The molecule has 1 aliphatic heterocycles. The van der Waals surface area contributed by atoms with Crippen molar-refractivity contribution in [2.45, 2.75) is 0 Å². The molecule has 0 bridgehead atoms. The monoisotopic (exact) mass is 292 g/mol. The van der Waals surface area contributed by atoms with Crippen LogP contribution in [0.2, 0.25) is 0 Å². The molecule has 1 aliphatic rings. The van der Waals surface area contributed by atoms with Gasteiger partial charge >= 0.3 is 11.9 Å². The molecular formula is C18H12O4. The van der Waals surface area contributed by atoms with E-state index in [0.717, 1.165) is 6.08 Å². The van der Waals surface area contributed by atoms with Crippen LogP contribution in [0.4, 0.5) is 0 Å². The number of carbonyl (C=O) groups excluding carboxylic acids is 1. The summed E-state index contributed by atoms with van der Waals surface area (Å²) in [6, 6.07) is 0. The molecule has 0 spiro atoms. The van der Waals surface area contributed by atoms with Crippen molar-refractivity contribution < 1.29 is 19.4 Å². The molecule has 1 rings (SSSR count). The van der Waals surface area contributed by atoms with E-state index in [4.69, 9.17) is 9.84 Å². The van der Waals surface area contributed by atoms with Gasteiger partial charge in [-0.05, 0) is 36.1 Å². The molecule has 1 heterocycles. The topological polar surface area (TPSA) is 63.6 Å². The fourth-order valence-electron chi connectivity index (χ4n) is 1.14. The van der Waals surface area contributed by atoms with Gasteiger partial charge in [-0.25, -0.2) is 9.59 Å². The summed E-state index contributed by atoms with van der Waals surface area (Å²) in [6.07, 6.45) is 17.2. The second kappa shape index (κ2) is 10.3. The number of ether oxygens (including phenoxy) is 1. The van der Waals surface area contributed by atoms with Crippen LogP contribution in [0, 0.1) is 23.7 Å². The summed E-state index contributed by atoms with van der Waals surface area (Å²) < 4.78 is 4.83. The van der Waals surface area contributed by atoms with Gasteiger partial charge in [0, 0.05) is 12.2 Å². The van der Waals surface area contributed by atoms with Gasteiger partial charge in [0.15, 0.2) is 0 Å². The fraction of sp³-hybridized carbons (Fsp3) is 0. The number of aliphatic carboxylic acids is 1. The summed E-state index contributed by atoms with van der Waals surface area (Å²) in [4.78, 5) is 20.9. The van der Waals surface area contributed by atoms with E-state index in [1.165, 1.54) is 12.2 Å². The number of hydrogen-bond acceptors (Lipinski definition) is 3. The Bertz CT molecular complexity index is 721. The average Bonchev–Trinajstić information content (AvgIpc) is 2.89. The van der Waals surface area contributed by atoms with Crippen molar-refractivity contribution in [1.82, 2.24) is 0 Å². The Morgan fingerprint density at radius 1 is 1.00 bits per heavy atom. The molecule has 0 aromatic carbocycles. The van der Waals surface area contributed by atoms with Crippen molar-refractivity contribution in [2.75, 3.05) is 0 Å². The number of carboxylic acid groups (broad SMARTS) is 1. The molecule has 4 nitrogen and oxygen atoms in total. The summed E-state index contributed by atoms with van der Waals surface area (Å²) in [6.45, 7) is 0. The first-order valence-electron chi connectivity index (χ1n) is 6.19. The molecule has 108 valence electrons. The van der Waals surface area contributed by atoms with Gasteiger partial charge in [0.2, 0.25) is 0 Å². The molecule has 0 fully saturated rings. The Morgan fingerprint density at radius 3 is 2.36 bits per heavy atom. The number of rotatable bonds is 4. The van der Waals surface area contributed by atoms with E-state index >= 15 is 0 Å². The lowest BCUT2D eigenvalue weighted by Gasteiger charge is -1.90. The van der Waals surface area contributed by atoms with Crippen LogP contribution in [0.1, 0.15) is 0 Å². The summed E-state index contributed by atoms with van der Waals surface area (Å²) in [5.74, 6) is 9.27. The lowest BCUT2D eigenvalue weighted by molar-refractivity contribution is -0.132. The lowest BCUT2D eigenvalue weighted by atomic mass is 10.3. The predicted octanol–water partition coefficient (Wildman–Crippen LogP) is 2.30. The number of allylic oxidation sites excluding steroid dienone is 9. The van der Waals surface area contributed by atoms with E-state index in [1.807, 2.05) is 0 Å². The lowest BCUT2D eigenvalue weighted by Crippen LogP contribution is -1.89. The maximum Gasteiger partial charge on any atom is 0.336 e. The zero-order valence-electron chi connectivity index (χ0n) is 11.5. The molecule has 4 heteroatoms. The van der Waals surface area contributed by atoms with E-state index in [1.54, 1.807) is 48.6 Å². The van der Waals surface area contributed by atoms with E-state index < -0.39 is 5.97 Å². The minimum Gasteiger partial charge on any atom is -0.478 e. The van der Waals surface area contributed by atoms with Crippen molar-refractivity contribution in [3.63, 3.8) is 0 Å². The summed E-state index contributed by atoms with van der Waals surface area (Å²) in [5, 5.41) is 8.30. The highest BCUT2D eigenvalue weighted by molar-refractivity contribution is 5.86. The van der Waals surface area contributed by atoms with Gasteiger partial charge < -0.3 is 9.84 Å². The zero-order chi connectivity index (χ0) is 16.0. The molecule has 22 heavy (non-hydrogen) atoms. The Hall–Kier alpha value is -3.50. The van der Waals surface area contributed by atoms with Gasteiger partial charge in [0.05, 0.1) is 0 Å². The number of cyclic esters (lactones) is 1. The minimum atomic E-state index is -1.04. The highest BCUT2D eigenvalue weighted by Gasteiger charge is 2.06. The standard InChI is InChI=1S/C18H12O4/c19-17(20)13-11-9-7-5-3-1-2-4-6-8-10-12-16-14-15-18(21)22-16/h1-2,4,6,8,10-15H,(H,19,20). The van der Waals surface area contributed by atoms with Crippen LogP contribution >= 0.6 is 0 Å². The SMILES string of the molecule is O=C(O)C=CC#CC#CC=CC=CC=CC=C1C=CC(=O)O1. The molecule has 0 atom stereocenters. The van der Waals surface area contributed by atoms with E-state index in [2.05, 4.69) is 23.7 Å². The van der Waals surface area contributed by atoms with Crippen molar-refractivity contribution in [3.8, 4) is 23.7 Å². The highest BCUT2D eigenvalue weighted by atomic mass is 16.5. The van der Waals surface area contributed by atoms with Gasteiger partial charge in [-0.15, -0.1) is 0 Å². The Morgan fingerprint density at radius 2 is 1.68 bits per heavy atom. The molecular weight excluding hydrogens is 280 g/mol. The molecule has 1 N–H and O–H groups in total. The zero-order valence-corrected chi connectivity index (χ0v) is 11.5. The third-order valence-electron chi connectivity index (χ3n) is 2.00. The van der Waals surface area contributed by atoms with Crippen LogP contribution < -0.4 is 0 Å². The normalized spacial score (nSPS) is 15.5. The first-order valence-corrected chi connectivity index (χ1v) is 6.19. The fourth-order valence-corrected chi connectivity index (χ4v) is 1.14. The summed E-state index contributed by atoms with van der Waals surface area (Å²) in [5.41, 5.74) is 0. The van der Waals surface area contributed by atoms with E-state index in [9.17, 15) is 9.59 Å². The van der Waals surface area contributed by atoms with Gasteiger partial charge in [-0.2, -0.15) is 0 Å². The second-order valence-corrected chi connectivity index (χ2v) is 3.66. The number of carboxylic acids is 1. The second-order valence-electron chi connectivity index (χ2n) is 3.66. The van der Waals surface area contributed by atoms with Gasteiger partial charge in [-0.3, -0.25) is 0 Å². The van der Waals surface area contributed by atoms with Crippen molar-refractivity contribution in [3.05, 3.63) is 72.6 Å². The van der Waals surface area contributed by atoms with Crippen molar-refractivity contribution in [1.29, 1.82) is 0 Å². The molecule has 0 aliphatic carbocycles. The third-order valence-corrected chi connectivity index (χ3v) is 2.00. The Kier molecular flexibility index (Phi) is 7.76. The Labute approximate surface area is 128 Å². The summed E-state index contributed by atoms with van der Waals surface area (Å²) in [7, 11) is 0. The number of hydrogen-bond donors (Lipinski definition) is 1. The van der Waals surface area contributed by atoms with Crippen LogP contribution in [0.15, 0.2) is 72.6 Å². The first kappa shape index (κ1) is 16.6. The molecule has 0 saturated carbocycles. The highest BCUT2D eigenvalue weighted by Crippen LogP contribution is 2.08. The molecule has 0 radical (unpaired) electrons. The minimum absolute atomic E-state index is 0.363. The maximum absolute atomic E-state index is 10.8. The number of esters is 1. The molecule has 0 amide bonds. The maximum atomic E-state index is 10.8. The van der Waals surface area contributed by atoms with Crippen LogP contribution in [0.3, 0.4) is 0 Å². The quantitative estimate of drug-likeness (QED) is 0.374. The predicted molar refractivity (Wildman–Crippen MR) is 83.1 cm³/mol. The number of carbonyl (C=O) groups is 2.